The third-order valence-electron chi connectivity index (χ3n) is 3.97. The summed E-state index contributed by atoms with van der Waals surface area (Å²) in [6.07, 6.45) is 3.67. The zero-order chi connectivity index (χ0) is 12.7. The summed E-state index contributed by atoms with van der Waals surface area (Å²) in [6, 6.07) is 6.03. The number of para-hydroxylation sites is 1. The molecule has 0 saturated carbocycles. The van der Waals surface area contributed by atoms with Gasteiger partial charge in [0, 0.05) is 0 Å². The standard InChI is InChI=1S/C14H19N3O/c1-10-6-5-7-11-13(10)17(14(18)15-11)12-8-3-4-9-16(12)2/h5-7,12H,3-4,8-9H2,1-2H3,(H,15,18). The molecule has 0 amide bonds. The van der Waals surface area contributed by atoms with E-state index in [-0.39, 0.29) is 11.9 Å². The summed E-state index contributed by atoms with van der Waals surface area (Å²) in [5.74, 6) is 0. The van der Waals surface area contributed by atoms with Gasteiger partial charge in [0.15, 0.2) is 0 Å². The second-order valence-electron chi connectivity index (χ2n) is 5.23. The molecule has 0 spiro atoms. The molecule has 4 nitrogen and oxygen atoms in total. The van der Waals surface area contributed by atoms with Crippen LogP contribution in [0.3, 0.4) is 0 Å². The second-order valence-corrected chi connectivity index (χ2v) is 5.23. The van der Waals surface area contributed by atoms with Gasteiger partial charge in [-0.3, -0.25) is 9.47 Å². The first kappa shape index (κ1) is 11.5. The smallest absolute Gasteiger partial charge is 0.305 e. The van der Waals surface area contributed by atoms with Crippen molar-refractivity contribution in [1.29, 1.82) is 0 Å². The lowest BCUT2D eigenvalue weighted by Crippen LogP contribution is -2.37. The van der Waals surface area contributed by atoms with Crippen LogP contribution in [0.2, 0.25) is 0 Å². The van der Waals surface area contributed by atoms with E-state index in [2.05, 4.69) is 29.9 Å². The van der Waals surface area contributed by atoms with Gasteiger partial charge in [0.25, 0.3) is 0 Å². The Balaban J connectivity index is 2.21. The molecule has 0 bridgehead atoms. The Kier molecular flexibility index (Phi) is 2.74. The lowest BCUT2D eigenvalue weighted by Gasteiger charge is -2.33. The van der Waals surface area contributed by atoms with Crippen LogP contribution in [0.25, 0.3) is 11.0 Å². The van der Waals surface area contributed by atoms with Gasteiger partial charge in [-0.25, -0.2) is 4.79 Å². The Bertz CT molecular complexity index is 625. The lowest BCUT2D eigenvalue weighted by molar-refractivity contribution is 0.128. The second kappa shape index (κ2) is 4.28. The van der Waals surface area contributed by atoms with E-state index in [4.69, 9.17) is 0 Å². The number of aromatic amines is 1. The van der Waals surface area contributed by atoms with Gasteiger partial charge in [-0.1, -0.05) is 12.1 Å². The van der Waals surface area contributed by atoms with Crippen LogP contribution in [-0.2, 0) is 0 Å². The van der Waals surface area contributed by atoms with E-state index in [0.29, 0.717) is 0 Å². The van der Waals surface area contributed by atoms with E-state index < -0.39 is 0 Å². The number of aromatic nitrogens is 2. The highest BCUT2D eigenvalue weighted by Gasteiger charge is 2.24. The van der Waals surface area contributed by atoms with Gasteiger partial charge in [0.2, 0.25) is 0 Å². The Labute approximate surface area is 106 Å². The summed E-state index contributed by atoms with van der Waals surface area (Å²) in [5, 5.41) is 0. The Morgan fingerprint density at radius 3 is 2.94 bits per heavy atom. The minimum atomic E-state index is 0.0121. The predicted molar refractivity (Wildman–Crippen MR) is 72.8 cm³/mol. The molecule has 18 heavy (non-hydrogen) atoms. The van der Waals surface area contributed by atoms with Gasteiger partial charge in [-0.15, -0.1) is 0 Å². The first-order chi connectivity index (χ1) is 8.68. The molecule has 1 saturated heterocycles. The molecule has 0 aliphatic carbocycles. The maximum atomic E-state index is 12.2. The Hall–Kier alpha value is -1.55. The molecule has 2 heterocycles. The first-order valence-corrected chi connectivity index (χ1v) is 6.58. The number of aryl methyl sites for hydroxylation is 1. The lowest BCUT2D eigenvalue weighted by atomic mass is 10.1. The number of imidazole rings is 1. The quantitative estimate of drug-likeness (QED) is 0.837. The third kappa shape index (κ3) is 1.68. The molecule has 1 fully saturated rings. The molecule has 2 aromatic rings. The summed E-state index contributed by atoms with van der Waals surface area (Å²) in [4.78, 5) is 17.5. The van der Waals surface area contributed by atoms with Crippen LogP contribution in [0.15, 0.2) is 23.0 Å². The fourth-order valence-electron chi connectivity index (χ4n) is 3.02. The van der Waals surface area contributed by atoms with E-state index in [9.17, 15) is 4.79 Å². The molecule has 4 heteroatoms. The maximum absolute atomic E-state index is 12.2. The van der Waals surface area contributed by atoms with Crippen molar-refractivity contribution in [2.24, 2.45) is 0 Å². The highest BCUT2D eigenvalue weighted by molar-refractivity contribution is 5.78. The van der Waals surface area contributed by atoms with E-state index >= 15 is 0 Å². The van der Waals surface area contributed by atoms with Crippen LogP contribution in [0, 0.1) is 6.92 Å². The molecule has 1 aliphatic rings. The van der Waals surface area contributed by atoms with Gasteiger partial charge in [-0.05, 0) is 51.4 Å². The van der Waals surface area contributed by atoms with Crippen LogP contribution < -0.4 is 5.69 Å². The molecule has 3 rings (SSSR count). The van der Waals surface area contributed by atoms with Gasteiger partial charge < -0.3 is 4.98 Å². The molecular weight excluding hydrogens is 226 g/mol. The van der Waals surface area contributed by atoms with Crippen molar-refractivity contribution in [3.8, 4) is 0 Å². The number of benzene rings is 1. The number of H-pyrrole nitrogens is 1. The number of hydrogen-bond acceptors (Lipinski definition) is 2. The average Bonchev–Trinajstić information content (AvgIpc) is 2.68. The van der Waals surface area contributed by atoms with Crippen molar-refractivity contribution in [3.05, 3.63) is 34.2 Å². The van der Waals surface area contributed by atoms with Crippen molar-refractivity contribution < 1.29 is 0 Å². The number of nitrogens with one attached hydrogen (secondary N) is 1. The predicted octanol–water partition coefficient (Wildman–Crippen LogP) is 2.25. The van der Waals surface area contributed by atoms with Gasteiger partial charge in [-0.2, -0.15) is 0 Å². The molecule has 1 aliphatic heterocycles. The van der Waals surface area contributed by atoms with Crippen LogP contribution in [0.1, 0.15) is 31.0 Å². The molecule has 0 radical (unpaired) electrons. The van der Waals surface area contributed by atoms with Crippen molar-refractivity contribution in [2.75, 3.05) is 13.6 Å². The minimum Gasteiger partial charge on any atom is -0.305 e. The Morgan fingerprint density at radius 2 is 2.17 bits per heavy atom. The molecule has 1 N–H and O–H groups in total. The van der Waals surface area contributed by atoms with Crippen molar-refractivity contribution in [3.63, 3.8) is 0 Å². The van der Waals surface area contributed by atoms with Gasteiger partial charge in [0.1, 0.15) is 0 Å². The number of fused-ring (bicyclic) bond motifs is 1. The fraction of sp³-hybridized carbons (Fsp3) is 0.500. The van der Waals surface area contributed by atoms with Crippen molar-refractivity contribution in [2.45, 2.75) is 32.4 Å². The van der Waals surface area contributed by atoms with Crippen molar-refractivity contribution in [1.82, 2.24) is 14.5 Å². The fourth-order valence-corrected chi connectivity index (χ4v) is 3.02. The molecule has 1 aromatic heterocycles. The average molecular weight is 245 g/mol. The Morgan fingerprint density at radius 1 is 1.33 bits per heavy atom. The SMILES string of the molecule is Cc1cccc2[nH]c(=O)n(C3CCCCN3C)c12. The van der Waals surface area contributed by atoms with E-state index in [0.717, 1.165) is 29.6 Å². The summed E-state index contributed by atoms with van der Waals surface area (Å²) < 4.78 is 1.93. The van der Waals surface area contributed by atoms with E-state index in [1.54, 1.807) is 0 Å². The highest BCUT2D eigenvalue weighted by Crippen LogP contribution is 2.27. The molecule has 1 atom stereocenters. The van der Waals surface area contributed by atoms with Crippen molar-refractivity contribution >= 4 is 11.0 Å². The van der Waals surface area contributed by atoms with Gasteiger partial charge in [0.05, 0.1) is 17.2 Å². The van der Waals surface area contributed by atoms with Crippen LogP contribution in [0.4, 0.5) is 0 Å². The number of piperidine rings is 1. The van der Waals surface area contributed by atoms with Gasteiger partial charge >= 0.3 is 5.69 Å². The zero-order valence-electron chi connectivity index (χ0n) is 10.9. The largest absolute Gasteiger partial charge is 0.327 e. The van der Waals surface area contributed by atoms with Crippen LogP contribution >= 0.6 is 0 Å². The molecule has 96 valence electrons. The summed E-state index contributed by atoms with van der Waals surface area (Å²) in [6.45, 7) is 3.13. The zero-order valence-corrected chi connectivity index (χ0v) is 10.9. The van der Waals surface area contributed by atoms with Crippen LogP contribution in [-0.4, -0.2) is 28.0 Å². The number of nitrogens with zero attached hydrogens (tertiary/aromatic N) is 2. The summed E-state index contributed by atoms with van der Waals surface area (Å²) >= 11 is 0. The number of hydrogen-bond donors (Lipinski definition) is 1. The maximum Gasteiger partial charge on any atom is 0.327 e. The topological polar surface area (TPSA) is 41.0 Å². The minimum absolute atomic E-state index is 0.0121. The molecule has 1 unspecified atom stereocenters. The molecular formula is C14H19N3O. The third-order valence-corrected chi connectivity index (χ3v) is 3.97. The molecule has 1 aromatic carbocycles. The first-order valence-electron chi connectivity index (χ1n) is 6.58. The van der Waals surface area contributed by atoms with E-state index in [1.807, 2.05) is 16.7 Å². The summed E-state index contributed by atoms with van der Waals surface area (Å²) in [5.41, 5.74) is 3.17. The number of likely N-dealkylation sites (tertiary alicyclic amines) is 1. The van der Waals surface area contributed by atoms with E-state index in [1.165, 1.54) is 12.8 Å². The normalized spacial score (nSPS) is 21.6. The van der Waals surface area contributed by atoms with Crippen LogP contribution in [0.5, 0.6) is 0 Å². The summed E-state index contributed by atoms with van der Waals surface area (Å²) in [7, 11) is 2.10. The highest BCUT2D eigenvalue weighted by atomic mass is 16.1. The number of rotatable bonds is 1. The monoisotopic (exact) mass is 245 g/mol.